The molecule has 0 atom stereocenters. The number of nitrogens with zero attached hydrogens (tertiary/aromatic N) is 5. The number of aromatic nitrogens is 4. The van der Waals surface area contributed by atoms with E-state index >= 15 is 0 Å². The van der Waals surface area contributed by atoms with Crippen LogP contribution in [0.4, 0.5) is 0 Å². The van der Waals surface area contributed by atoms with E-state index in [1.54, 1.807) is 36.7 Å². The molecule has 0 saturated heterocycles. The van der Waals surface area contributed by atoms with Gasteiger partial charge in [-0.15, -0.1) is 5.10 Å². The lowest BCUT2D eigenvalue weighted by Crippen LogP contribution is -2.31. The van der Waals surface area contributed by atoms with Crippen LogP contribution in [0, 0.1) is 0 Å². The fourth-order valence-corrected chi connectivity index (χ4v) is 3.98. The molecule has 0 fully saturated rings. The second-order valence-electron chi connectivity index (χ2n) is 4.77. The molecule has 0 bridgehead atoms. The van der Waals surface area contributed by atoms with E-state index in [-0.39, 0.29) is 4.90 Å². The normalized spacial score (nSPS) is 11.9. The van der Waals surface area contributed by atoms with Crippen molar-refractivity contribution >= 4 is 10.0 Å². The summed E-state index contributed by atoms with van der Waals surface area (Å²) in [5.74, 6) is 0.822. The molecule has 0 saturated carbocycles. The van der Waals surface area contributed by atoms with Crippen LogP contribution < -0.4 is 4.74 Å². The molecule has 2 aromatic rings. The molecule has 0 unspecified atom stereocenters. The second-order valence-corrected chi connectivity index (χ2v) is 6.68. The minimum atomic E-state index is -3.65. The number of sulfonamides is 1. The quantitative estimate of drug-likeness (QED) is 0.757. The molecule has 1 aromatic heterocycles. The Morgan fingerprint density at radius 2 is 1.91 bits per heavy atom. The summed E-state index contributed by atoms with van der Waals surface area (Å²) >= 11 is 0. The molecule has 8 nitrogen and oxygen atoms in total. The topological polar surface area (TPSA) is 90.2 Å². The van der Waals surface area contributed by atoms with Gasteiger partial charge in [-0.3, -0.25) is 0 Å². The number of ether oxygens (including phenoxy) is 1. The van der Waals surface area contributed by atoms with Crippen molar-refractivity contribution in [3.8, 4) is 17.1 Å². The van der Waals surface area contributed by atoms with Gasteiger partial charge in [-0.25, -0.2) is 13.1 Å². The zero-order valence-corrected chi connectivity index (χ0v) is 14.5. The maximum atomic E-state index is 12.8. The van der Waals surface area contributed by atoms with Crippen molar-refractivity contribution < 1.29 is 13.2 Å². The van der Waals surface area contributed by atoms with E-state index in [2.05, 4.69) is 15.5 Å². The largest absolute Gasteiger partial charge is 0.495 e. The van der Waals surface area contributed by atoms with Crippen LogP contribution in [0.5, 0.6) is 5.75 Å². The van der Waals surface area contributed by atoms with Crippen molar-refractivity contribution in [3.63, 3.8) is 0 Å². The molecule has 2 rings (SSSR count). The highest BCUT2D eigenvalue weighted by molar-refractivity contribution is 7.89. The summed E-state index contributed by atoms with van der Waals surface area (Å²) in [5, 5.41) is 11.5. The van der Waals surface area contributed by atoms with Crippen LogP contribution in [-0.4, -0.2) is 53.1 Å². The average Bonchev–Trinajstić information content (AvgIpc) is 3.03. The van der Waals surface area contributed by atoms with Gasteiger partial charge in [0.25, 0.3) is 0 Å². The van der Waals surface area contributed by atoms with Gasteiger partial charge in [-0.1, -0.05) is 13.8 Å². The van der Waals surface area contributed by atoms with E-state index in [1.165, 1.54) is 11.4 Å². The van der Waals surface area contributed by atoms with Crippen molar-refractivity contribution in [3.05, 3.63) is 18.2 Å². The minimum absolute atomic E-state index is 0.117. The monoisotopic (exact) mass is 339 g/mol. The third kappa shape index (κ3) is 3.20. The number of hydrogen-bond donors (Lipinski definition) is 0. The molecule has 126 valence electrons. The van der Waals surface area contributed by atoms with E-state index in [0.717, 1.165) is 0 Å². The molecule has 23 heavy (non-hydrogen) atoms. The molecule has 0 amide bonds. The number of aryl methyl sites for hydroxylation is 1. The molecular formula is C14H21N5O3S. The molecule has 0 aliphatic carbocycles. The summed E-state index contributed by atoms with van der Waals surface area (Å²) in [7, 11) is -2.20. The standard InChI is InChI=1S/C14H21N5O3S/c1-5-18(6-2)23(20,21)13-10-11(8-9-12(13)22-4)14-15-16-17-19(14)7-3/h8-10H,5-7H2,1-4H3. The third-order valence-corrected chi connectivity index (χ3v) is 5.65. The summed E-state index contributed by atoms with van der Waals surface area (Å²) in [6.45, 7) is 6.88. The van der Waals surface area contributed by atoms with Crippen LogP contribution in [-0.2, 0) is 16.6 Å². The van der Waals surface area contributed by atoms with Gasteiger partial charge >= 0.3 is 0 Å². The zero-order chi connectivity index (χ0) is 17.0. The average molecular weight is 339 g/mol. The Balaban J connectivity index is 2.61. The first-order valence-electron chi connectivity index (χ1n) is 7.44. The Labute approximate surface area is 136 Å². The van der Waals surface area contributed by atoms with Crippen LogP contribution in [0.15, 0.2) is 23.1 Å². The molecule has 1 aromatic carbocycles. The van der Waals surface area contributed by atoms with E-state index in [0.29, 0.717) is 36.8 Å². The number of benzene rings is 1. The van der Waals surface area contributed by atoms with E-state index in [1.807, 2.05) is 6.92 Å². The van der Waals surface area contributed by atoms with Gasteiger partial charge < -0.3 is 4.74 Å². The van der Waals surface area contributed by atoms with Crippen LogP contribution >= 0.6 is 0 Å². The SMILES string of the molecule is CCN(CC)S(=O)(=O)c1cc(-c2nnnn2CC)ccc1OC. The Hall–Kier alpha value is -2.00. The molecule has 0 radical (unpaired) electrons. The number of hydrogen-bond acceptors (Lipinski definition) is 6. The maximum Gasteiger partial charge on any atom is 0.246 e. The Kier molecular flexibility index (Phi) is 5.32. The highest BCUT2D eigenvalue weighted by Gasteiger charge is 2.26. The van der Waals surface area contributed by atoms with Crippen LogP contribution in [0.3, 0.4) is 0 Å². The van der Waals surface area contributed by atoms with Crippen molar-refractivity contribution in [2.45, 2.75) is 32.2 Å². The Morgan fingerprint density at radius 3 is 2.48 bits per heavy atom. The summed E-state index contributed by atoms with van der Waals surface area (Å²) in [5.41, 5.74) is 0.628. The lowest BCUT2D eigenvalue weighted by Gasteiger charge is -2.20. The first-order valence-corrected chi connectivity index (χ1v) is 8.88. The predicted molar refractivity (Wildman–Crippen MR) is 85.6 cm³/mol. The van der Waals surface area contributed by atoms with Crippen LogP contribution in [0.25, 0.3) is 11.4 Å². The number of methoxy groups -OCH3 is 1. The lowest BCUT2D eigenvalue weighted by molar-refractivity contribution is 0.395. The van der Waals surface area contributed by atoms with Crippen molar-refractivity contribution in [2.75, 3.05) is 20.2 Å². The smallest absolute Gasteiger partial charge is 0.246 e. The molecular weight excluding hydrogens is 318 g/mol. The van der Waals surface area contributed by atoms with Crippen molar-refractivity contribution in [2.24, 2.45) is 0 Å². The number of rotatable bonds is 7. The third-order valence-electron chi connectivity index (χ3n) is 3.58. The molecule has 0 spiro atoms. The van der Waals surface area contributed by atoms with Crippen LogP contribution in [0.1, 0.15) is 20.8 Å². The lowest BCUT2D eigenvalue weighted by atomic mass is 10.2. The number of tetrazole rings is 1. The van der Waals surface area contributed by atoms with Crippen molar-refractivity contribution in [1.29, 1.82) is 0 Å². The van der Waals surface area contributed by atoms with Crippen LogP contribution in [0.2, 0.25) is 0 Å². The van der Waals surface area contributed by atoms with Gasteiger partial charge in [0.2, 0.25) is 10.0 Å². The fraction of sp³-hybridized carbons (Fsp3) is 0.500. The molecule has 1 heterocycles. The van der Waals surface area contributed by atoms with Gasteiger partial charge in [0.15, 0.2) is 5.82 Å². The summed E-state index contributed by atoms with van der Waals surface area (Å²) in [6.07, 6.45) is 0. The summed E-state index contributed by atoms with van der Waals surface area (Å²) < 4.78 is 33.9. The zero-order valence-electron chi connectivity index (χ0n) is 13.7. The van der Waals surface area contributed by atoms with E-state index in [4.69, 9.17) is 4.74 Å². The van der Waals surface area contributed by atoms with Gasteiger partial charge in [0.05, 0.1) is 7.11 Å². The molecule has 0 aliphatic heterocycles. The highest BCUT2D eigenvalue weighted by Crippen LogP contribution is 2.31. The molecule has 0 N–H and O–H groups in total. The first-order chi connectivity index (χ1) is 11.0. The predicted octanol–water partition coefficient (Wildman–Crippen LogP) is 1.40. The first kappa shape index (κ1) is 17.4. The Bertz CT molecular complexity index is 768. The van der Waals surface area contributed by atoms with Gasteiger partial charge in [-0.05, 0) is 35.5 Å². The van der Waals surface area contributed by atoms with E-state index < -0.39 is 10.0 Å². The van der Waals surface area contributed by atoms with Gasteiger partial charge in [0.1, 0.15) is 10.6 Å². The minimum Gasteiger partial charge on any atom is -0.495 e. The molecule has 9 heteroatoms. The van der Waals surface area contributed by atoms with Gasteiger partial charge in [-0.2, -0.15) is 4.31 Å². The molecule has 0 aliphatic rings. The maximum absolute atomic E-state index is 12.8. The highest BCUT2D eigenvalue weighted by atomic mass is 32.2. The summed E-state index contributed by atoms with van der Waals surface area (Å²) in [6, 6.07) is 4.93. The summed E-state index contributed by atoms with van der Waals surface area (Å²) in [4.78, 5) is 0.117. The van der Waals surface area contributed by atoms with E-state index in [9.17, 15) is 8.42 Å². The van der Waals surface area contributed by atoms with Gasteiger partial charge in [0, 0.05) is 25.2 Å². The Morgan fingerprint density at radius 1 is 1.22 bits per heavy atom. The van der Waals surface area contributed by atoms with Crippen molar-refractivity contribution in [1.82, 2.24) is 24.5 Å². The second kappa shape index (κ2) is 7.05. The fourth-order valence-electron chi connectivity index (χ4n) is 2.34.